The van der Waals surface area contributed by atoms with Crippen molar-refractivity contribution in [2.75, 3.05) is 7.05 Å². The second-order valence-corrected chi connectivity index (χ2v) is 7.13. The number of halogens is 2. The van der Waals surface area contributed by atoms with Crippen molar-refractivity contribution in [2.45, 2.75) is 18.4 Å². The number of Topliss-reactive ketones (excluding diaryl/α,β-unsaturated/α-hetero) is 1. The average molecular weight is 339 g/mol. The summed E-state index contributed by atoms with van der Waals surface area (Å²) < 4.78 is 52.0. The van der Waals surface area contributed by atoms with E-state index in [9.17, 15) is 22.0 Å². The van der Waals surface area contributed by atoms with Gasteiger partial charge in [-0.15, -0.1) is 0 Å². The second-order valence-electron chi connectivity index (χ2n) is 5.09. The first-order valence-corrected chi connectivity index (χ1v) is 8.17. The summed E-state index contributed by atoms with van der Waals surface area (Å²) in [4.78, 5) is 11.2. The fourth-order valence-corrected chi connectivity index (χ4v) is 3.18. The molecule has 0 radical (unpaired) electrons. The van der Waals surface area contributed by atoms with Crippen molar-refractivity contribution in [3.8, 4) is 0 Å². The molecule has 0 saturated carbocycles. The van der Waals surface area contributed by atoms with Gasteiger partial charge in [0.1, 0.15) is 0 Å². The second kappa shape index (κ2) is 6.55. The summed E-state index contributed by atoms with van der Waals surface area (Å²) in [5, 5.41) is 0. The van der Waals surface area contributed by atoms with Gasteiger partial charge in [0.25, 0.3) is 0 Å². The van der Waals surface area contributed by atoms with Crippen LogP contribution in [-0.4, -0.2) is 25.6 Å². The molecule has 0 bridgehead atoms. The molecule has 23 heavy (non-hydrogen) atoms. The highest BCUT2D eigenvalue weighted by Gasteiger charge is 2.21. The predicted octanol–water partition coefficient (Wildman–Crippen LogP) is 2.99. The lowest BCUT2D eigenvalue weighted by Crippen LogP contribution is -2.26. The molecule has 0 amide bonds. The van der Waals surface area contributed by atoms with Crippen molar-refractivity contribution in [2.24, 2.45) is 0 Å². The van der Waals surface area contributed by atoms with Gasteiger partial charge in [0.05, 0.1) is 4.90 Å². The third-order valence-corrected chi connectivity index (χ3v) is 5.18. The largest absolute Gasteiger partial charge is 0.295 e. The van der Waals surface area contributed by atoms with Crippen molar-refractivity contribution >= 4 is 15.8 Å². The predicted molar refractivity (Wildman–Crippen MR) is 81.5 cm³/mol. The summed E-state index contributed by atoms with van der Waals surface area (Å²) in [5.41, 5.74) is 0.738. The van der Waals surface area contributed by atoms with E-state index in [-0.39, 0.29) is 17.2 Å². The Morgan fingerprint density at radius 3 is 2.17 bits per heavy atom. The van der Waals surface area contributed by atoms with Crippen LogP contribution >= 0.6 is 0 Å². The smallest absolute Gasteiger partial charge is 0.243 e. The van der Waals surface area contributed by atoms with E-state index in [0.29, 0.717) is 11.1 Å². The number of nitrogens with zero attached hydrogens (tertiary/aromatic N) is 1. The number of sulfonamides is 1. The van der Waals surface area contributed by atoms with Crippen LogP contribution in [0.2, 0.25) is 0 Å². The number of ketones is 1. The zero-order valence-corrected chi connectivity index (χ0v) is 13.4. The Bertz CT molecular complexity index is 833. The van der Waals surface area contributed by atoms with E-state index in [2.05, 4.69) is 0 Å². The van der Waals surface area contributed by atoms with E-state index < -0.39 is 21.7 Å². The van der Waals surface area contributed by atoms with E-state index in [1.807, 2.05) is 0 Å². The topological polar surface area (TPSA) is 54.5 Å². The number of carbonyl (C=O) groups is 1. The number of hydrogen-bond acceptors (Lipinski definition) is 3. The van der Waals surface area contributed by atoms with Crippen LogP contribution in [0.5, 0.6) is 0 Å². The van der Waals surface area contributed by atoms with E-state index in [4.69, 9.17) is 0 Å². The number of hydrogen-bond donors (Lipinski definition) is 0. The summed E-state index contributed by atoms with van der Waals surface area (Å²) in [7, 11) is -2.45. The zero-order chi connectivity index (χ0) is 17.2. The Morgan fingerprint density at radius 2 is 1.65 bits per heavy atom. The van der Waals surface area contributed by atoms with Crippen molar-refractivity contribution in [1.29, 1.82) is 0 Å². The lowest BCUT2D eigenvalue weighted by Gasteiger charge is -2.17. The zero-order valence-electron chi connectivity index (χ0n) is 12.6. The molecule has 0 saturated heterocycles. The van der Waals surface area contributed by atoms with Crippen molar-refractivity contribution in [1.82, 2.24) is 4.31 Å². The minimum atomic E-state index is -3.80. The molecule has 0 aromatic heterocycles. The van der Waals surface area contributed by atoms with Crippen molar-refractivity contribution in [3.05, 3.63) is 65.2 Å². The van der Waals surface area contributed by atoms with Crippen LogP contribution in [0.3, 0.4) is 0 Å². The minimum absolute atomic E-state index is 0.0209. The molecule has 0 atom stereocenters. The van der Waals surface area contributed by atoms with Gasteiger partial charge >= 0.3 is 0 Å². The van der Waals surface area contributed by atoms with Gasteiger partial charge in [-0.2, -0.15) is 4.31 Å². The van der Waals surface area contributed by atoms with Gasteiger partial charge in [0, 0.05) is 19.2 Å². The molecule has 2 aromatic rings. The minimum Gasteiger partial charge on any atom is -0.295 e. The first kappa shape index (κ1) is 17.2. The highest BCUT2D eigenvalue weighted by molar-refractivity contribution is 7.89. The molecule has 0 aliphatic heterocycles. The molecule has 7 heteroatoms. The van der Waals surface area contributed by atoms with Crippen LogP contribution in [0.4, 0.5) is 8.78 Å². The number of benzene rings is 2. The first-order chi connectivity index (χ1) is 10.7. The Labute approximate surface area is 133 Å². The van der Waals surface area contributed by atoms with E-state index in [1.165, 1.54) is 44.3 Å². The van der Waals surface area contributed by atoms with Gasteiger partial charge in [-0.1, -0.05) is 18.2 Å². The maximum absolute atomic E-state index is 13.2. The Hall–Kier alpha value is -2.12. The summed E-state index contributed by atoms with van der Waals surface area (Å²) in [6.45, 7) is 1.28. The van der Waals surface area contributed by atoms with Crippen LogP contribution in [0.15, 0.2) is 47.4 Å². The summed E-state index contributed by atoms with van der Waals surface area (Å²) in [5.74, 6) is -2.18. The molecule has 2 aromatic carbocycles. The normalized spacial score (nSPS) is 11.7. The molecular formula is C16H15F2NO3S. The van der Waals surface area contributed by atoms with Gasteiger partial charge in [0.15, 0.2) is 17.4 Å². The van der Waals surface area contributed by atoms with Gasteiger partial charge in [-0.25, -0.2) is 17.2 Å². The summed E-state index contributed by atoms with van der Waals surface area (Å²) >= 11 is 0. The molecule has 0 heterocycles. The monoisotopic (exact) mass is 339 g/mol. The molecule has 0 spiro atoms. The lowest BCUT2D eigenvalue weighted by atomic mass is 10.2. The van der Waals surface area contributed by atoms with Gasteiger partial charge < -0.3 is 0 Å². The SMILES string of the molecule is CC(=O)c1ccc(S(=O)(=O)N(C)Cc2ccc(F)c(F)c2)cc1. The molecule has 2 rings (SSSR count). The van der Waals surface area contributed by atoms with Crippen molar-refractivity contribution in [3.63, 3.8) is 0 Å². The maximum Gasteiger partial charge on any atom is 0.243 e. The fourth-order valence-electron chi connectivity index (χ4n) is 2.02. The van der Waals surface area contributed by atoms with Crippen LogP contribution in [0, 0.1) is 11.6 Å². The lowest BCUT2D eigenvalue weighted by molar-refractivity contribution is 0.101. The Balaban J connectivity index is 2.24. The van der Waals surface area contributed by atoms with Gasteiger partial charge in [-0.05, 0) is 36.8 Å². The number of rotatable bonds is 5. The van der Waals surface area contributed by atoms with Crippen molar-refractivity contribution < 1.29 is 22.0 Å². The molecular weight excluding hydrogens is 324 g/mol. The van der Waals surface area contributed by atoms with Crippen LogP contribution in [0.25, 0.3) is 0 Å². The molecule has 0 N–H and O–H groups in total. The molecule has 122 valence electrons. The first-order valence-electron chi connectivity index (χ1n) is 6.73. The van der Waals surface area contributed by atoms with E-state index >= 15 is 0 Å². The molecule has 4 nitrogen and oxygen atoms in total. The van der Waals surface area contributed by atoms with Gasteiger partial charge in [-0.3, -0.25) is 4.79 Å². The standard InChI is InChI=1S/C16H15F2NO3S/c1-11(20)13-4-6-14(7-5-13)23(21,22)19(2)10-12-3-8-15(17)16(18)9-12/h3-9H,10H2,1-2H3. The quantitative estimate of drug-likeness (QED) is 0.787. The highest BCUT2D eigenvalue weighted by Crippen LogP contribution is 2.18. The molecule has 0 unspecified atom stereocenters. The Morgan fingerprint density at radius 1 is 1.04 bits per heavy atom. The van der Waals surface area contributed by atoms with Crippen LogP contribution < -0.4 is 0 Å². The summed E-state index contributed by atoms with van der Waals surface area (Å²) in [6, 6.07) is 8.78. The average Bonchev–Trinajstić information content (AvgIpc) is 2.51. The van der Waals surface area contributed by atoms with Gasteiger partial charge in [0.2, 0.25) is 10.0 Å². The van der Waals surface area contributed by atoms with Crippen LogP contribution in [-0.2, 0) is 16.6 Å². The summed E-state index contributed by atoms with van der Waals surface area (Å²) in [6.07, 6.45) is 0. The molecule has 0 aliphatic carbocycles. The van der Waals surface area contributed by atoms with E-state index in [0.717, 1.165) is 16.4 Å². The Kier molecular flexibility index (Phi) is 4.91. The van der Waals surface area contributed by atoms with E-state index in [1.54, 1.807) is 0 Å². The molecule has 0 fully saturated rings. The molecule has 0 aliphatic rings. The fraction of sp³-hybridized carbons (Fsp3) is 0.188. The number of carbonyl (C=O) groups excluding carboxylic acids is 1. The maximum atomic E-state index is 13.2. The van der Waals surface area contributed by atoms with Crippen LogP contribution in [0.1, 0.15) is 22.8 Å². The third kappa shape index (κ3) is 3.80. The third-order valence-electron chi connectivity index (χ3n) is 3.36. The highest BCUT2D eigenvalue weighted by atomic mass is 32.2.